The van der Waals surface area contributed by atoms with Crippen LogP contribution in [0.5, 0.6) is 0 Å². The maximum Gasteiger partial charge on any atom is 0.295 e. The summed E-state index contributed by atoms with van der Waals surface area (Å²) < 4.78 is 32.8. The molecule has 24 heavy (non-hydrogen) atoms. The van der Waals surface area contributed by atoms with Gasteiger partial charge >= 0.3 is 0 Å². The fourth-order valence-electron chi connectivity index (χ4n) is 2.47. The number of nitrogens with zero attached hydrogens (tertiary/aromatic N) is 2. The highest BCUT2D eigenvalue weighted by atomic mass is 32.2. The van der Waals surface area contributed by atoms with Crippen LogP contribution < -0.4 is 5.01 Å². The third-order valence-electron chi connectivity index (χ3n) is 3.60. The zero-order valence-electron chi connectivity index (χ0n) is 12.7. The lowest BCUT2D eigenvalue weighted by Crippen LogP contribution is -2.25. The Hall–Kier alpha value is -2.77. The van der Waals surface area contributed by atoms with Crippen molar-refractivity contribution in [3.05, 3.63) is 65.7 Å². The second-order valence-corrected chi connectivity index (χ2v) is 6.59. The molecular weight excluding hydrogens is 328 g/mol. The molecule has 0 bridgehead atoms. The van der Waals surface area contributed by atoms with Crippen LogP contribution in [0, 0.1) is 0 Å². The monoisotopic (exact) mass is 342 g/mol. The maximum absolute atomic E-state index is 12.3. The highest BCUT2D eigenvalue weighted by molar-refractivity contribution is 7.86. The number of anilines is 1. The zero-order valence-corrected chi connectivity index (χ0v) is 13.6. The van der Waals surface area contributed by atoms with Crippen LogP contribution in [0.3, 0.4) is 0 Å². The van der Waals surface area contributed by atoms with Crippen molar-refractivity contribution in [2.75, 3.05) is 12.1 Å². The molecule has 6 nitrogen and oxygen atoms in total. The Morgan fingerprint density at radius 1 is 1.00 bits per heavy atom. The smallest absolute Gasteiger partial charge is 0.287 e. The second kappa shape index (κ2) is 6.03. The third-order valence-corrected chi connectivity index (χ3v) is 4.50. The van der Waals surface area contributed by atoms with E-state index in [0.29, 0.717) is 5.56 Å². The Kier molecular flexibility index (Phi) is 4.04. The number of hydrazone groups is 1. The van der Waals surface area contributed by atoms with Crippen LogP contribution in [-0.2, 0) is 14.9 Å². The number of rotatable bonds is 3. The first-order chi connectivity index (χ1) is 11.4. The molecule has 2 aromatic carbocycles. The second-order valence-electron chi connectivity index (χ2n) is 5.20. The van der Waals surface area contributed by atoms with E-state index in [2.05, 4.69) is 5.10 Å². The van der Waals surface area contributed by atoms with E-state index in [0.717, 1.165) is 5.69 Å². The van der Waals surface area contributed by atoms with Crippen molar-refractivity contribution in [1.82, 2.24) is 0 Å². The average Bonchev–Trinajstić information content (AvgIpc) is 2.56. The van der Waals surface area contributed by atoms with Crippen LogP contribution in [0.2, 0.25) is 0 Å². The summed E-state index contributed by atoms with van der Waals surface area (Å²) in [5.74, 6) is -0.429. The molecule has 0 aliphatic heterocycles. The lowest BCUT2D eigenvalue weighted by Gasteiger charge is -2.19. The fourth-order valence-corrected chi connectivity index (χ4v) is 3.20. The summed E-state index contributed by atoms with van der Waals surface area (Å²) >= 11 is 0. The van der Waals surface area contributed by atoms with Crippen LogP contribution >= 0.6 is 0 Å². The standard InChI is InChI=1S/C17H14N2O4S/c1-19(13-7-3-2-4-8-13)18-17-14(20)11-10-12-6-5-9-15(16(12)17)24(21,22)23/h2-11H,1H3,(H,21,22,23)/b18-17+. The molecule has 0 saturated heterocycles. The summed E-state index contributed by atoms with van der Waals surface area (Å²) in [6.45, 7) is 0. The summed E-state index contributed by atoms with van der Waals surface area (Å²) in [5.41, 5.74) is 1.31. The topological polar surface area (TPSA) is 87.0 Å². The molecule has 0 unspecified atom stereocenters. The number of allylic oxidation sites excluding steroid dienone is 1. The first kappa shape index (κ1) is 16.1. The van der Waals surface area contributed by atoms with Crippen LogP contribution in [0.15, 0.2) is 64.6 Å². The minimum atomic E-state index is -4.49. The summed E-state index contributed by atoms with van der Waals surface area (Å²) in [6.07, 6.45) is 2.83. The Labute approximate surface area is 139 Å². The molecular formula is C17H14N2O4S. The SMILES string of the molecule is CN(/N=C1\C(=O)C=Cc2cccc(S(=O)(=O)O)c21)c1ccccc1. The highest BCUT2D eigenvalue weighted by Gasteiger charge is 2.27. The van der Waals surface area contributed by atoms with Gasteiger partial charge in [-0.3, -0.25) is 14.4 Å². The number of carbonyl (C=O) groups excluding carboxylic acids is 1. The van der Waals surface area contributed by atoms with Crippen molar-refractivity contribution in [2.45, 2.75) is 4.90 Å². The van der Waals surface area contributed by atoms with Gasteiger partial charge in [0.1, 0.15) is 10.6 Å². The number of ketones is 1. The normalized spacial score (nSPS) is 15.4. The molecule has 0 heterocycles. The third kappa shape index (κ3) is 2.99. The first-order valence-corrected chi connectivity index (χ1v) is 8.52. The van der Waals surface area contributed by atoms with E-state index in [9.17, 15) is 17.8 Å². The van der Waals surface area contributed by atoms with Crippen LogP contribution in [0.4, 0.5) is 5.69 Å². The van der Waals surface area contributed by atoms with Gasteiger partial charge < -0.3 is 0 Å². The molecule has 2 aromatic rings. The summed E-state index contributed by atoms with van der Waals surface area (Å²) in [5, 5.41) is 5.76. The Morgan fingerprint density at radius 2 is 1.71 bits per heavy atom. The molecule has 0 radical (unpaired) electrons. The molecule has 0 aromatic heterocycles. The largest absolute Gasteiger partial charge is 0.295 e. The predicted molar refractivity (Wildman–Crippen MR) is 91.7 cm³/mol. The van der Waals surface area contributed by atoms with Crippen LogP contribution in [0.1, 0.15) is 11.1 Å². The number of carbonyl (C=O) groups is 1. The number of fused-ring (bicyclic) bond motifs is 1. The van der Waals surface area contributed by atoms with Gasteiger partial charge in [0, 0.05) is 12.6 Å². The van der Waals surface area contributed by atoms with Gasteiger partial charge in [-0.25, -0.2) is 0 Å². The first-order valence-electron chi connectivity index (χ1n) is 7.08. The Balaban J connectivity index is 2.19. The van der Waals surface area contributed by atoms with Gasteiger partial charge in [-0.15, -0.1) is 0 Å². The van der Waals surface area contributed by atoms with E-state index < -0.39 is 15.9 Å². The number of hydrogen-bond acceptors (Lipinski definition) is 5. The summed E-state index contributed by atoms with van der Waals surface area (Å²) in [6, 6.07) is 13.5. The lowest BCUT2D eigenvalue weighted by atomic mass is 9.94. The van der Waals surface area contributed by atoms with Gasteiger partial charge in [-0.1, -0.05) is 36.4 Å². The van der Waals surface area contributed by atoms with E-state index in [1.54, 1.807) is 13.1 Å². The Morgan fingerprint density at radius 3 is 2.38 bits per heavy atom. The van der Waals surface area contributed by atoms with Gasteiger partial charge in [-0.2, -0.15) is 13.5 Å². The Bertz CT molecular complexity index is 963. The number of hydrogen-bond donors (Lipinski definition) is 1. The van der Waals surface area contributed by atoms with Crippen molar-refractivity contribution in [1.29, 1.82) is 0 Å². The van der Waals surface area contributed by atoms with E-state index >= 15 is 0 Å². The summed E-state index contributed by atoms with van der Waals surface area (Å²) in [7, 11) is -2.83. The van der Waals surface area contributed by atoms with E-state index in [1.807, 2.05) is 30.3 Å². The van der Waals surface area contributed by atoms with Crippen molar-refractivity contribution >= 4 is 33.4 Å². The lowest BCUT2D eigenvalue weighted by molar-refractivity contribution is -0.108. The van der Waals surface area contributed by atoms with Gasteiger partial charge in [0.15, 0.2) is 0 Å². The molecule has 7 heteroatoms. The molecule has 1 N–H and O–H groups in total. The minimum absolute atomic E-state index is 0.0351. The molecule has 122 valence electrons. The van der Waals surface area contributed by atoms with Crippen molar-refractivity contribution < 1.29 is 17.8 Å². The molecule has 0 atom stereocenters. The molecule has 0 fully saturated rings. The molecule has 3 rings (SSSR count). The molecule has 0 spiro atoms. The average molecular weight is 342 g/mol. The van der Waals surface area contributed by atoms with Gasteiger partial charge in [-0.05, 0) is 29.8 Å². The maximum atomic E-state index is 12.3. The predicted octanol–water partition coefficient (Wildman–Crippen LogP) is 2.37. The molecule has 0 amide bonds. The summed E-state index contributed by atoms with van der Waals surface area (Å²) in [4.78, 5) is 11.9. The quantitative estimate of drug-likeness (QED) is 0.683. The van der Waals surface area contributed by atoms with Crippen molar-refractivity contribution in [2.24, 2.45) is 5.10 Å². The van der Waals surface area contributed by atoms with E-state index in [-0.39, 0.29) is 16.2 Å². The van der Waals surface area contributed by atoms with Crippen LogP contribution in [-0.4, -0.2) is 31.5 Å². The zero-order chi connectivity index (χ0) is 17.3. The molecule has 0 saturated carbocycles. The van der Waals surface area contributed by atoms with Crippen molar-refractivity contribution in [3.63, 3.8) is 0 Å². The highest BCUT2D eigenvalue weighted by Crippen LogP contribution is 2.26. The molecule has 1 aliphatic carbocycles. The van der Waals surface area contributed by atoms with Crippen molar-refractivity contribution in [3.8, 4) is 0 Å². The van der Waals surface area contributed by atoms with Gasteiger partial charge in [0.25, 0.3) is 10.1 Å². The fraction of sp³-hybridized carbons (Fsp3) is 0.0588. The van der Waals surface area contributed by atoms with Gasteiger partial charge in [0.05, 0.1) is 5.69 Å². The number of benzene rings is 2. The molecule has 1 aliphatic rings. The number of para-hydroxylation sites is 1. The van der Waals surface area contributed by atoms with Gasteiger partial charge in [0.2, 0.25) is 5.78 Å². The van der Waals surface area contributed by atoms with Crippen LogP contribution in [0.25, 0.3) is 6.08 Å². The van der Waals surface area contributed by atoms with E-state index in [1.165, 1.54) is 29.3 Å². The van der Waals surface area contributed by atoms with E-state index in [4.69, 9.17) is 0 Å². The minimum Gasteiger partial charge on any atom is -0.287 e.